The van der Waals surface area contributed by atoms with E-state index in [1.54, 1.807) is 22.8 Å². The Bertz CT molecular complexity index is 1220. The highest BCUT2D eigenvalue weighted by Gasteiger charge is 2.18. The number of anilines is 1. The van der Waals surface area contributed by atoms with Crippen LogP contribution in [-0.4, -0.2) is 35.1 Å². The Morgan fingerprint density at radius 1 is 1.20 bits per heavy atom. The number of rotatable bonds is 5. The number of esters is 1. The molecule has 0 saturated carbocycles. The number of hydrogen-bond donors (Lipinski definition) is 1. The average molecular weight is 407 g/mol. The number of ether oxygens (including phenoxy) is 2. The molecule has 1 aliphatic heterocycles. The number of aromatic nitrogens is 2. The molecule has 0 unspecified atom stereocenters. The molecule has 0 spiro atoms. The summed E-state index contributed by atoms with van der Waals surface area (Å²) in [6, 6.07) is 9.99. The zero-order valence-corrected chi connectivity index (χ0v) is 16.7. The van der Waals surface area contributed by atoms with Crippen LogP contribution in [0.1, 0.15) is 28.2 Å². The lowest BCUT2D eigenvalue weighted by atomic mass is 10.1. The number of carbonyl (C=O) groups is 2. The van der Waals surface area contributed by atoms with E-state index >= 15 is 0 Å². The molecule has 8 heteroatoms. The van der Waals surface area contributed by atoms with Crippen molar-refractivity contribution in [2.75, 3.05) is 19.0 Å². The number of methoxy groups -OCH3 is 1. The minimum Gasteiger partial charge on any atom is -0.495 e. The second kappa shape index (κ2) is 7.98. The summed E-state index contributed by atoms with van der Waals surface area (Å²) in [7, 11) is 1.51. The van der Waals surface area contributed by atoms with Crippen LogP contribution in [-0.2, 0) is 22.5 Å². The van der Waals surface area contributed by atoms with Crippen LogP contribution in [0.25, 0.3) is 10.9 Å². The third kappa shape index (κ3) is 3.76. The molecule has 0 fully saturated rings. The van der Waals surface area contributed by atoms with Crippen molar-refractivity contribution in [3.05, 3.63) is 63.7 Å². The van der Waals surface area contributed by atoms with Crippen molar-refractivity contribution in [1.82, 2.24) is 9.55 Å². The Kier molecular flexibility index (Phi) is 5.22. The van der Waals surface area contributed by atoms with E-state index < -0.39 is 18.5 Å². The van der Waals surface area contributed by atoms with Gasteiger partial charge in [0.2, 0.25) is 0 Å². The van der Waals surface area contributed by atoms with Crippen LogP contribution >= 0.6 is 0 Å². The third-order valence-corrected chi connectivity index (χ3v) is 5.02. The summed E-state index contributed by atoms with van der Waals surface area (Å²) in [5, 5.41) is 3.14. The Labute approximate surface area is 172 Å². The molecule has 1 aliphatic rings. The summed E-state index contributed by atoms with van der Waals surface area (Å²) in [6.45, 7) is 2.11. The maximum atomic E-state index is 12.5. The highest BCUT2D eigenvalue weighted by Crippen LogP contribution is 2.25. The fraction of sp³-hybridized carbons (Fsp3) is 0.273. The van der Waals surface area contributed by atoms with Crippen LogP contribution in [0.15, 0.2) is 41.2 Å². The quantitative estimate of drug-likeness (QED) is 0.652. The maximum absolute atomic E-state index is 12.5. The van der Waals surface area contributed by atoms with E-state index in [-0.39, 0.29) is 11.1 Å². The molecule has 4 rings (SSSR count). The van der Waals surface area contributed by atoms with Crippen molar-refractivity contribution in [3.8, 4) is 5.75 Å². The van der Waals surface area contributed by atoms with Crippen LogP contribution in [0.4, 0.5) is 5.69 Å². The molecule has 1 N–H and O–H groups in total. The second-order valence-electron chi connectivity index (χ2n) is 7.15. The molecule has 0 aliphatic carbocycles. The minimum atomic E-state index is -0.661. The standard InChI is InChI=1S/C22H21N3O5/c1-13-5-8-18(29-2)17(10-13)24-20(26)12-30-22(28)14-6-7-15-16(11-14)23-19-4-3-9-25(19)21(15)27/h5-8,10-11H,3-4,9,12H2,1-2H3,(H,24,26). The van der Waals surface area contributed by atoms with Gasteiger partial charge in [-0.05, 0) is 49.2 Å². The largest absolute Gasteiger partial charge is 0.495 e. The molecule has 1 aromatic heterocycles. The Balaban J connectivity index is 1.46. The van der Waals surface area contributed by atoms with Gasteiger partial charge in [0, 0.05) is 13.0 Å². The van der Waals surface area contributed by atoms with Gasteiger partial charge in [0.25, 0.3) is 11.5 Å². The Morgan fingerprint density at radius 2 is 2.03 bits per heavy atom. The summed E-state index contributed by atoms with van der Waals surface area (Å²) in [6.07, 6.45) is 1.62. The van der Waals surface area contributed by atoms with E-state index in [1.165, 1.54) is 19.2 Å². The summed E-state index contributed by atoms with van der Waals surface area (Å²) in [4.78, 5) is 41.6. The monoisotopic (exact) mass is 407 g/mol. The topological polar surface area (TPSA) is 99.5 Å². The predicted molar refractivity (Wildman–Crippen MR) is 111 cm³/mol. The first-order valence-electron chi connectivity index (χ1n) is 9.61. The van der Waals surface area contributed by atoms with Gasteiger partial charge in [0.15, 0.2) is 6.61 Å². The highest BCUT2D eigenvalue weighted by molar-refractivity contribution is 5.98. The van der Waals surface area contributed by atoms with Crippen molar-refractivity contribution in [2.45, 2.75) is 26.3 Å². The molecule has 2 heterocycles. The fourth-order valence-corrected chi connectivity index (χ4v) is 3.53. The third-order valence-electron chi connectivity index (χ3n) is 5.02. The van der Waals surface area contributed by atoms with E-state index in [0.717, 1.165) is 24.2 Å². The Morgan fingerprint density at radius 3 is 2.83 bits per heavy atom. The second-order valence-corrected chi connectivity index (χ2v) is 7.15. The number of nitrogens with zero attached hydrogens (tertiary/aromatic N) is 2. The van der Waals surface area contributed by atoms with E-state index in [4.69, 9.17) is 9.47 Å². The van der Waals surface area contributed by atoms with Crippen LogP contribution in [0.2, 0.25) is 0 Å². The van der Waals surface area contributed by atoms with Crippen molar-refractivity contribution < 1.29 is 19.1 Å². The molecular formula is C22H21N3O5. The van der Waals surface area contributed by atoms with E-state index in [2.05, 4.69) is 10.3 Å². The number of hydrogen-bond acceptors (Lipinski definition) is 6. The first kappa shape index (κ1) is 19.6. The van der Waals surface area contributed by atoms with Gasteiger partial charge >= 0.3 is 5.97 Å². The van der Waals surface area contributed by atoms with Gasteiger partial charge in [-0.2, -0.15) is 0 Å². The lowest BCUT2D eigenvalue weighted by molar-refractivity contribution is -0.119. The summed E-state index contributed by atoms with van der Waals surface area (Å²) in [5.41, 5.74) is 2.05. The summed E-state index contributed by atoms with van der Waals surface area (Å²) < 4.78 is 12.0. The van der Waals surface area contributed by atoms with Crippen LogP contribution in [0, 0.1) is 6.92 Å². The molecule has 3 aromatic rings. The van der Waals surface area contributed by atoms with Gasteiger partial charge in [-0.1, -0.05) is 6.07 Å². The van der Waals surface area contributed by atoms with E-state index in [1.807, 2.05) is 13.0 Å². The molecule has 2 aromatic carbocycles. The zero-order valence-electron chi connectivity index (χ0n) is 16.7. The molecule has 0 atom stereocenters. The number of benzene rings is 2. The normalized spacial score (nSPS) is 12.5. The van der Waals surface area contributed by atoms with E-state index in [9.17, 15) is 14.4 Å². The smallest absolute Gasteiger partial charge is 0.338 e. The van der Waals surface area contributed by atoms with Gasteiger partial charge in [0.05, 0.1) is 29.3 Å². The van der Waals surface area contributed by atoms with Gasteiger partial charge in [-0.3, -0.25) is 14.2 Å². The molecule has 0 saturated heterocycles. The summed E-state index contributed by atoms with van der Waals surface area (Å²) >= 11 is 0. The van der Waals surface area contributed by atoms with Crippen LogP contribution in [0.3, 0.4) is 0 Å². The average Bonchev–Trinajstić information content (AvgIpc) is 3.21. The molecular weight excluding hydrogens is 386 g/mol. The lowest BCUT2D eigenvalue weighted by Crippen LogP contribution is -2.22. The SMILES string of the molecule is COc1ccc(C)cc1NC(=O)COC(=O)c1ccc2c(=O)n3c(nc2c1)CCC3. The molecule has 1 amide bonds. The van der Waals surface area contributed by atoms with Crippen molar-refractivity contribution >= 4 is 28.5 Å². The maximum Gasteiger partial charge on any atom is 0.338 e. The van der Waals surface area contributed by atoms with Crippen molar-refractivity contribution in [1.29, 1.82) is 0 Å². The van der Waals surface area contributed by atoms with Crippen molar-refractivity contribution in [3.63, 3.8) is 0 Å². The number of fused-ring (bicyclic) bond motifs is 2. The zero-order chi connectivity index (χ0) is 21.3. The number of carbonyl (C=O) groups excluding carboxylic acids is 2. The predicted octanol–water partition coefficient (Wildman–Crippen LogP) is 2.46. The molecule has 30 heavy (non-hydrogen) atoms. The van der Waals surface area contributed by atoms with Gasteiger partial charge in [-0.25, -0.2) is 9.78 Å². The lowest BCUT2D eigenvalue weighted by Gasteiger charge is -2.11. The van der Waals surface area contributed by atoms with Crippen LogP contribution in [0.5, 0.6) is 5.75 Å². The highest BCUT2D eigenvalue weighted by atomic mass is 16.5. The first-order valence-corrected chi connectivity index (χ1v) is 9.61. The number of aryl methyl sites for hydroxylation is 2. The fourth-order valence-electron chi connectivity index (χ4n) is 3.53. The van der Waals surface area contributed by atoms with Gasteiger partial charge in [0.1, 0.15) is 11.6 Å². The Hall–Kier alpha value is -3.68. The van der Waals surface area contributed by atoms with Gasteiger partial charge < -0.3 is 14.8 Å². The van der Waals surface area contributed by atoms with Crippen molar-refractivity contribution in [2.24, 2.45) is 0 Å². The molecule has 0 radical (unpaired) electrons. The van der Waals surface area contributed by atoms with Crippen LogP contribution < -0.4 is 15.6 Å². The first-order chi connectivity index (χ1) is 14.5. The summed E-state index contributed by atoms with van der Waals surface area (Å²) in [5.74, 6) is 0.0945. The number of amides is 1. The van der Waals surface area contributed by atoms with Gasteiger partial charge in [-0.15, -0.1) is 0 Å². The van der Waals surface area contributed by atoms with E-state index in [0.29, 0.717) is 28.9 Å². The molecule has 8 nitrogen and oxygen atoms in total. The number of nitrogens with one attached hydrogen (secondary N) is 1. The molecule has 154 valence electrons. The minimum absolute atomic E-state index is 0.0982. The molecule has 0 bridgehead atoms.